The predicted octanol–water partition coefficient (Wildman–Crippen LogP) is 2.08. The summed E-state index contributed by atoms with van der Waals surface area (Å²) in [5.74, 6) is 2.24. The van der Waals surface area contributed by atoms with Gasteiger partial charge < -0.3 is 9.63 Å². The van der Waals surface area contributed by atoms with Crippen molar-refractivity contribution in [3.8, 4) is 0 Å². The molecule has 2 atom stereocenters. The summed E-state index contributed by atoms with van der Waals surface area (Å²) >= 11 is 1.87. The maximum absolute atomic E-state index is 9.23. The highest BCUT2D eigenvalue weighted by atomic mass is 32.2. The molecule has 1 aliphatic rings. The Hall–Kier alpha value is -0.550. The van der Waals surface area contributed by atoms with Crippen LogP contribution in [0.2, 0.25) is 0 Å². The Balaban J connectivity index is 2.07. The van der Waals surface area contributed by atoms with E-state index in [9.17, 15) is 5.11 Å². The molecule has 1 aromatic heterocycles. The summed E-state index contributed by atoms with van der Waals surface area (Å²) in [6.45, 7) is 1.63. The van der Waals surface area contributed by atoms with Gasteiger partial charge in [0.25, 0.3) is 5.89 Å². The highest BCUT2D eigenvalue weighted by molar-refractivity contribution is 7.99. The van der Waals surface area contributed by atoms with Gasteiger partial charge in [0.1, 0.15) is 6.10 Å². The number of hydrogen-bond donors (Lipinski definition) is 1. The van der Waals surface area contributed by atoms with Crippen LogP contribution in [0.5, 0.6) is 0 Å². The van der Waals surface area contributed by atoms with Crippen LogP contribution in [0.15, 0.2) is 4.52 Å². The molecule has 2 rings (SSSR count). The fourth-order valence-electron chi connectivity index (χ4n) is 1.49. The first-order chi connectivity index (χ1) is 6.77. The normalized spacial score (nSPS) is 24.9. The second-order valence-electron chi connectivity index (χ2n) is 3.52. The van der Waals surface area contributed by atoms with Crippen molar-refractivity contribution in [3.63, 3.8) is 0 Å². The SMILES string of the molecule is C[C@H](O)c1nc(C2CCCCS2)no1. The number of aliphatic hydroxyl groups excluding tert-OH is 1. The van der Waals surface area contributed by atoms with Gasteiger partial charge in [-0.15, -0.1) is 0 Å². The second kappa shape index (κ2) is 4.31. The lowest BCUT2D eigenvalue weighted by molar-refractivity contribution is 0.151. The summed E-state index contributed by atoms with van der Waals surface area (Å²) in [5, 5.41) is 13.5. The van der Waals surface area contributed by atoms with E-state index in [4.69, 9.17) is 4.52 Å². The third-order valence-corrected chi connectivity index (χ3v) is 3.66. The number of aliphatic hydroxyl groups is 1. The standard InChI is InChI=1S/C9H14N2O2S/c1-6(12)9-10-8(11-13-9)7-4-2-3-5-14-7/h6-7,12H,2-5H2,1H3/t6-,7?/m0/s1. The summed E-state index contributed by atoms with van der Waals surface area (Å²) in [4.78, 5) is 4.18. The molecule has 1 aliphatic heterocycles. The van der Waals surface area contributed by atoms with Crippen LogP contribution < -0.4 is 0 Å². The zero-order valence-electron chi connectivity index (χ0n) is 8.14. The maximum atomic E-state index is 9.23. The number of aromatic nitrogens is 2. The molecule has 0 radical (unpaired) electrons. The third kappa shape index (κ3) is 2.09. The molecule has 0 bridgehead atoms. The smallest absolute Gasteiger partial charge is 0.255 e. The molecule has 0 aromatic carbocycles. The van der Waals surface area contributed by atoms with Gasteiger partial charge in [-0.25, -0.2) is 0 Å². The first-order valence-corrected chi connectivity index (χ1v) is 5.95. The summed E-state index contributed by atoms with van der Waals surface area (Å²) in [6.07, 6.45) is 2.96. The van der Waals surface area contributed by atoms with E-state index in [0.717, 1.165) is 12.2 Å². The van der Waals surface area contributed by atoms with Crippen molar-refractivity contribution >= 4 is 11.8 Å². The molecule has 2 heterocycles. The van der Waals surface area contributed by atoms with Crippen LogP contribution in [0.3, 0.4) is 0 Å². The minimum atomic E-state index is -0.662. The molecule has 78 valence electrons. The van der Waals surface area contributed by atoms with Crippen LogP contribution in [-0.4, -0.2) is 21.0 Å². The lowest BCUT2D eigenvalue weighted by atomic mass is 10.2. The minimum Gasteiger partial charge on any atom is -0.384 e. The van der Waals surface area contributed by atoms with Gasteiger partial charge in [0.2, 0.25) is 0 Å². The van der Waals surface area contributed by atoms with Crippen molar-refractivity contribution in [2.24, 2.45) is 0 Å². The quantitative estimate of drug-likeness (QED) is 0.816. The summed E-state index contributed by atoms with van der Waals surface area (Å²) in [6, 6.07) is 0. The van der Waals surface area contributed by atoms with E-state index < -0.39 is 6.10 Å². The lowest BCUT2D eigenvalue weighted by Gasteiger charge is -2.17. The van der Waals surface area contributed by atoms with Crippen molar-refractivity contribution < 1.29 is 9.63 Å². The molecular weight excluding hydrogens is 200 g/mol. The monoisotopic (exact) mass is 214 g/mol. The van der Waals surface area contributed by atoms with E-state index in [-0.39, 0.29) is 0 Å². The third-order valence-electron chi connectivity index (χ3n) is 2.28. The Labute approximate surface area is 87.1 Å². The van der Waals surface area contributed by atoms with Gasteiger partial charge in [-0.1, -0.05) is 11.6 Å². The van der Waals surface area contributed by atoms with E-state index in [2.05, 4.69) is 10.1 Å². The van der Waals surface area contributed by atoms with Gasteiger partial charge in [0, 0.05) is 0 Å². The average Bonchev–Trinajstić information content (AvgIpc) is 2.68. The van der Waals surface area contributed by atoms with Crippen LogP contribution >= 0.6 is 11.8 Å². The van der Waals surface area contributed by atoms with Crippen LogP contribution in [0.25, 0.3) is 0 Å². The Kier molecular flexibility index (Phi) is 3.08. The fourth-order valence-corrected chi connectivity index (χ4v) is 2.73. The van der Waals surface area contributed by atoms with Crippen molar-refractivity contribution in [2.75, 3.05) is 5.75 Å². The lowest BCUT2D eigenvalue weighted by Crippen LogP contribution is -2.04. The van der Waals surface area contributed by atoms with Gasteiger partial charge in [0.05, 0.1) is 5.25 Å². The van der Waals surface area contributed by atoms with Gasteiger partial charge >= 0.3 is 0 Å². The molecule has 5 heteroatoms. The number of hydrogen-bond acceptors (Lipinski definition) is 5. The van der Waals surface area contributed by atoms with Crippen molar-refractivity contribution in [2.45, 2.75) is 37.5 Å². The first-order valence-electron chi connectivity index (χ1n) is 4.90. The fraction of sp³-hybridized carbons (Fsp3) is 0.778. The van der Waals surface area contributed by atoms with Crippen LogP contribution in [0.4, 0.5) is 0 Å². The van der Waals surface area contributed by atoms with Crippen LogP contribution in [0, 0.1) is 0 Å². The number of nitrogens with zero attached hydrogens (tertiary/aromatic N) is 2. The van der Waals surface area contributed by atoms with Gasteiger partial charge in [-0.05, 0) is 25.5 Å². The zero-order chi connectivity index (χ0) is 9.97. The van der Waals surface area contributed by atoms with Crippen molar-refractivity contribution in [1.29, 1.82) is 0 Å². The topological polar surface area (TPSA) is 59.2 Å². The molecular formula is C9H14N2O2S. The Morgan fingerprint density at radius 1 is 1.57 bits per heavy atom. The van der Waals surface area contributed by atoms with Crippen molar-refractivity contribution in [3.05, 3.63) is 11.7 Å². The largest absolute Gasteiger partial charge is 0.384 e. The highest BCUT2D eigenvalue weighted by Gasteiger charge is 2.22. The summed E-state index contributed by atoms with van der Waals surface area (Å²) in [5.41, 5.74) is 0. The maximum Gasteiger partial charge on any atom is 0.255 e. The number of thioether (sulfide) groups is 1. The molecule has 1 fully saturated rings. The Morgan fingerprint density at radius 2 is 2.43 bits per heavy atom. The van der Waals surface area contributed by atoms with E-state index in [0.29, 0.717) is 11.1 Å². The predicted molar refractivity (Wildman–Crippen MR) is 54.0 cm³/mol. The Morgan fingerprint density at radius 3 is 3.00 bits per heavy atom. The number of rotatable bonds is 2. The second-order valence-corrected chi connectivity index (χ2v) is 4.83. The molecule has 0 saturated carbocycles. The molecule has 1 N–H and O–H groups in total. The average molecular weight is 214 g/mol. The zero-order valence-corrected chi connectivity index (χ0v) is 8.96. The summed E-state index contributed by atoms with van der Waals surface area (Å²) < 4.78 is 4.95. The molecule has 14 heavy (non-hydrogen) atoms. The van der Waals surface area contributed by atoms with Gasteiger partial charge in [0.15, 0.2) is 5.82 Å². The molecule has 1 unspecified atom stereocenters. The van der Waals surface area contributed by atoms with Crippen molar-refractivity contribution in [1.82, 2.24) is 10.1 Å². The van der Waals surface area contributed by atoms with E-state index >= 15 is 0 Å². The van der Waals surface area contributed by atoms with Crippen LogP contribution in [0.1, 0.15) is 49.3 Å². The molecule has 0 amide bonds. The van der Waals surface area contributed by atoms with E-state index in [1.54, 1.807) is 6.92 Å². The Bertz CT molecular complexity index is 295. The van der Waals surface area contributed by atoms with E-state index in [1.807, 2.05) is 11.8 Å². The molecule has 0 spiro atoms. The molecule has 4 nitrogen and oxygen atoms in total. The highest BCUT2D eigenvalue weighted by Crippen LogP contribution is 2.36. The molecule has 1 saturated heterocycles. The minimum absolute atomic E-state index is 0.325. The van der Waals surface area contributed by atoms with E-state index in [1.165, 1.54) is 18.6 Å². The molecule has 0 aliphatic carbocycles. The van der Waals surface area contributed by atoms with Crippen LogP contribution in [-0.2, 0) is 0 Å². The molecule has 1 aromatic rings. The van der Waals surface area contributed by atoms with Gasteiger partial charge in [-0.2, -0.15) is 16.7 Å². The van der Waals surface area contributed by atoms with Gasteiger partial charge in [-0.3, -0.25) is 0 Å². The summed E-state index contributed by atoms with van der Waals surface area (Å²) in [7, 11) is 0. The first kappa shape index (κ1) is 9.98.